The molecule has 88 valence electrons. The van der Waals surface area contributed by atoms with E-state index in [1.807, 2.05) is 32.1 Å². The molecule has 0 saturated heterocycles. The Kier molecular flexibility index (Phi) is 4.72. The Labute approximate surface area is 95.9 Å². The number of pyridine rings is 1. The molecule has 0 aliphatic rings. The summed E-state index contributed by atoms with van der Waals surface area (Å²) in [6.45, 7) is 0.668. The lowest BCUT2D eigenvalue weighted by Crippen LogP contribution is -2.19. The monoisotopic (exact) mass is 222 g/mol. The van der Waals surface area contributed by atoms with Crippen molar-refractivity contribution in [3.8, 4) is 0 Å². The first kappa shape index (κ1) is 12.4. The molecule has 5 nitrogen and oxygen atoms in total. The quantitative estimate of drug-likeness (QED) is 0.770. The molecule has 1 aromatic heterocycles. The van der Waals surface area contributed by atoms with E-state index >= 15 is 0 Å². The molecule has 0 aliphatic heterocycles. The van der Waals surface area contributed by atoms with Crippen molar-refractivity contribution < 1.29 is 4.79 Å². The number of carbonyl (C=O) groups excluding carboxylic acids is 1. The molecule has 0 atom stereocenters. The van der Waals surface area contributed by atoms with Crippen molar-refractivity contribution in [3.63, 3.8) is 0 Å². The third-order valence-electron chi connectivity index (χ3n) is 2.13. The van der Waals surface area contributed by atoms with Crippen LogP contribution in [0.2, 0.25) is 0 Å². The molecule has 1 heterocycles. The lowest BCUT2D eigenvalue weighted by atomic mass is 10.3. The van der Waals surface area contributed by atoms with Crippen molar-refractivity contribution in [2.24, 2.45) is 0 Å². The van der Waals surface area contributed by atoms with Gasteiger partial charge in [0.1, 0.15) is 5.82 Å². The minimum atomic E-state index is -0.0283. The molecule has 0 spiro atoms. The van der Waals surface area contributed by atoms with Gasteiger partial charge in [-0.25, -0.2) is 4.98 Å². The summed E-state index contributed by atoms with van der Waals surface area (Å²) in [6.07, 6.45) is 2.18. The SMILES string of the molecule is CNCCC(=O)Nc1ccc(N(C)C)cn1. The fourth-order valence-corrected chi connectivity index (χ4v) is 1.17. The van der Waals surface area contributed by atoms with Crippen molar-refractivity contribution in [1.82, 2.24) is 10.3 Å². The number of amides is 1. The Morgan fingerprint density at radius 1 is 1.44 bits per heavy atom. The third kappa shape index (κ3) is 3.86. The summed E-state index contributed by atoms with van der Waals surface area (Å²) in [5, 5.41) is 5.65. The third-order valence-corrected chi connectivity index (χ3v) is 2.13. The first-order chi connectivity index (χ1) is 7.63. The van der Waals surface area contributed by atoms with Crippen LogP contribution in [0, 0.1) is 0 Å². The molecule has 1 aromatic rings. The number of anilines is 2. The summed E-state index contributed by atoms with van der Waals surface area (Å²) in [5.41, 5.74) is 1.01. The molecular formula is C11H18N4O. The Morgan fingerprint density at radius 3 is 2.69 bits per heavy atom. The maximum Gasteiger partial charge on any atom is 0.226 e. The largest absolute Gasteiger partial charge is 0.376 e. The van der Waals surface area contributed by atoms with Gasteiger partial charge >= 0.3 is 0 Å². The van der Waals surface area contributed by atoms with Crippen molar-refractivity contribution >= 4 is 17.4 Å². The smallest absolute Gasteiger partial charge is 0.226 e. The van der Waals surface area contributed by atoms with Crippen LogP contribution < -0.4 is 15.5 Å². The second-order valence-electron chi connectivity index (χ2n) is 3.70. The van der Waals surface area contributed by atoms with Crippen molar-refractivity contribution in [2.75, 3.05) is 37.9 Å². The van der Waals surface area contributed by atoms with Gasteiger partial charge < -0.3 is 15.5 Å². The van der Waals surface area contributed by atoms with Gasteiger partial charge in [-0.1, -0.05) is 0 Å². The second-order valence-corrected chi connectivity index (χ2v) is 3.70. The van der Waals surface area contributed by atoms with Crippen LogP contribution in [0.25, 0.3) is 0 Å². The molecule has 0 unspecified atom stereocenters. The van der Waals surface area contributed by atoms with Gasteiger partial charge in [0.15, 0.2) is 0 Å². The zero-order valence-corrected chi connectivity index (χ0v) is 9.95. The van der Waals surface area contributed by atoms with Crippen LogP contribution >= 0.6 is 0 Å². The molecule has 0 bridgehead atoms. The van der Waals surface area contributed by atoms with Gasteiger partial charge in [-0.3, -0.25) is 4.79 Å². The van der Waals surface area contributed by atoms with Crippen LogP contribution in [0.5, 0.6) is 0 Å². The number of rotatable bonds is 5. The van der Waals surface area contributed by atoms with E-state index in [1.165, 1.54) is 0 Å². The Morgan fingerprint density at radius 2 is 2.19 bits per heavy atom. The second kappa shape index (κ2) is 6.07. The molecule has 0 radical (unpaired) electrons. The summed E-state index contributed by atoms with van der Waals surface area (Å²) in [4.78, 5) is 17.5. The molecule has 2 N–H and O–H groups in total. The van der Waals surface area contributed by atoms with Gasteiger partial charge in [0.2, 0.25) is 5.91 Å². The number of aromatic nitrogens is 1. The minimum absolute atomic E-state index is 0.0283. The van der Waals surface area contributed by atoms with Gasteiger partial charge in [0.25, 0.3) is 0 Å². The first-order valence-electron chi connectivity index (χ1n) is 5.21. The van der Waals surface area contributed by atoms with Crippen LogP contribution in [0.15, 0.2) is 18.3 Å². The minimum Gasteiger partial charge on any atom is -0.376 e. The van der Waals surface area contributed by atoms with Crippen molar-refractivity contribution in [1.29, 1.82) is 0 Å². The predicted molar refractivity (Wildman–Crippen MR) is 65.7 cm³/mol. The van der Waals surface area contributed by atoms with Crippen LogP contribution in [0.4, 0.5) is 11.5 Å². The maximum absolute atomic E-state index is 11.4. The van der Waals surface area contributed by atoms with E-state index in [-0.39, 0.29) is 5.91 Å². The molecule has 5 heteroatoms. The number of hydrogen-bond acceptors (Lipinski definition) is 4. The molecule has 0 fully saturated rings. The Balaban J connectivity index is 2.51. The van der Waals surface area contributed by atoms with E-state index in [9.17, 15) is 4.79 Å². The van der Waals surface area contributed by atoms with Crippen LogP contribution in [-0.2, 0) is 4.79 Å². The summed E-state index contributed by atoms with van der Waals surface area (Å²) in [5.74, 6) is 0.561. The highest BCUT2D eigenvalue weighted by molar-refractivity contribution is 5.89. The summed E-state index contributed by atoms with van der Waals surface area (Å²) < 4.78 is 0. The normalized spacial score (nSPS) is 9.94. The van der Waals surface area contributed by atoms with Gasteiger partial charge in [0.05, 0.1) is 11.9 Å². The highest BCUT2D eigenvalue weighted by Crippen LogP contribution is 2.11. The Hall–Kier alpha value is -1.62. The van der Waals surface area contributed by atoms with Crippen LogP contribution in [-0.4, -0.2) is 38.6 Å². The van der Waals surface area contributed by atoms with Crippen LogP contribution in [0.3, 0.4) is 0 Å². The lowest BCUT2D eigenvalue weighted by Gasteiger charge is -2.12. The Bertz CT molecular complexity index is 334. The highest BCUT2D eigenvalue weighted by atomic mass is 16.1. The molecule has 0 aliphatic carbocycles. The first-order valence-corrected chi connectivity index (χ1v) is 5.21. The molecule has 1 rings (SSSR count). The lowest BCUT2D eigenvalue weighted by molar-refractivity contribution is -0.116. The molecule has 0 aromatic carbocycles. The average Bonchev–Trinajstić information content (AvgIpc) is 2.27. The van der Waals surface area contributed by atoms with Gasteiger partial charge in [-0.2, -0.15) is 0 Å². The van der Waals surface area contributed by atoms with Gasteiger partial charge in [-0.05, 0) is 19.2 Å². The zero-order chi connectivity index (χ0) is 12.0. The van der Waals surface area contributed by atoms with Gasteiger partial charge in [-0.15, -0.1) is 0 Å². The van der Waals surface area contributed by atoms with E-state index in [2.05, 4.69) is 15.6 Å². The fraction of sp³-hybridized carbons (Fsp3) is 0.455. The predicted octanol–water partition coefficient (Wildman–Crippen LogP) is 0.696. The van der Waals surface area contributed by atoms with E-state index in [0.717, 1.165) is 5.69 Å². The van der Waals surface area contributed by atoms with Crippen molar-refractivity contribution in [3.05, 3.63) is 18.3 Å². The van der Waals surface area contributed by atoms with E-state index in [1.54, 1.807) is 12.3 Å². The number of nitrogens with one attached hydrogen (secondary N) is 2. The average molecular weight is 222 g/mol. The van der Waals surface area contributed by atoms with Crippen molar-refractivity contribution in [2.45, 2.75) is 6.42 Å². The topological polar surface area (TPSA) is 57.3 Å². The van der Waals surface area contributed by atoms with E-state index < -0.39 is 0 Å². The number of hydrogen-bond donors (Lipinski definition) is 2. The summed E-state index contributed by atoms with van der Waals surface area (Å²) >= 11 is 0. The number of nitrogens with zero attached hydrogens (tertiary/aromatic N) is 2. The molecule has 16 heavy (non-hydrogen) atoms. The van der Waals surface area contributed by atoms with E-state index in [4.69, 9.17) is 0 Å². The highest BCUT2D eigenvalue weighted by Gasteiger charge is 2.02. The summed E-state index contributed by atoms with van der Waals surface area (Å²) in [7, 11) is 5.71. The van der Waals surface area contributed by atoms with Gasteiger partial charge in [0, 0.05) is 27.1 Å². The maximum atomic E-state index is 11.4. The molecule has 1 amide bonds. The fourth-order valence-electron chi connectivity index (χ4n) is 1.17. The molecule has 0 saturated carbocycles. The number of carbonyl (C=O) groups is 1. The summed E-state index contributed by atoms with van der Waals surface area (Å²) in [6, 6.07) is 3.72. The van der Waals surface area contributed by atoms with Crippen LogP contribution in [0.1, 0.15) is 6.42 Å². The zero-order valence-electron chi connectivity index (χ0n) is 9.95. The van der Waals surface area contributed by atoms with E-state index in [0.29, 0.717) is 18.8 Å². The molecular weight excluding hydrogens is 204 g/mol. The standard InChI is InChI=1S/C11H18N4O/c1-12-7-6-11(16)14-10-5-4-9(8-13-10)15(2)3/h4-5,8,12H,6-7H2,1-3H3,(H,13,14,16).